The van der Waals surface area contributed by atoms with E-state index in [1.807, 2.05) is 5.38 Å². The summed E-state index contributed by atoms with van der Waals surface area (Å²) in [5.74, 6) is 0. The molecule has 0 aromatic carbocycles. The smallest absolute Gasteiger partial charge is 0.274 e. The van der Waals surface area contributed by atoms with Crippen molar-refractivity contribution in [3.8, 4) is 0 Å². The van der Waals surface area contributed by atoms with E-state index in [1.165, 1.54) is 22.2 Å². The zero-order valence-electron chi connectivity index (χ0n) is 7.35. The van der Waals surface area contributed by atoms with Crippen molar-refractivity contribution in [3.63, 3.8) is 0 Å². The van der Waals surface area contributed by atoms with Gasteiger partial charge in [0, 0.05) is 11.6 Å². The Kier molecular flexibility index (Phi) is 3.04. The van der Waals surface area contributed by atoms with E-state index >= 15 is 0 Å². The third kappa shape index (κ3) is 2.19. The van der Waals surface area contributed by atoms with Gasteiger partial charge in [-0.05, 0) is 0 Å². The average Bonchev–Trinajstić information content (AvgIpc) is 2.72. The quantitative estimate of drug-likeness (QED) is 0.778. The maximum absolute atomic E-state index is 11.6. The summed E-state index contributed by atoms with van der Waals surface area (Å²) in [6.07, 6.45) is 3.04. The van der Waals surface area contributed by atoms with Gasteiger partial charge in [0.25, 0.3) is 5.56 Å². The Labute approximate surface area is 99.1 Å². The van der Waals surface area contributed by atoms with Gasteiger partial charge in [0.15, 0.2) is 5.15 Å². The summed E-state index contributed by atoms with van der Waals surface area (Å²) in [5, 5.41) is 2.62. The molecule has 0 amide bonds. The molecular formula is C8H5Cl2N3OS. The molecule has 0 saturated heterocycles. The van der Waals surface area contributed by atoms with Gasteiger partial charge in [-0.2, -0.15) is 0 Å². The molecule has 0 aliphatic rings. The first-order valence-corrected chi connectivity index (χ1v) is 5.61. The standard InChI is InChI=1S/C8H5Cl2N3OS/c9-6-7(10)12-4-13(8(6)14)3-5-11-1-2-15-5/h1-2,4H,3H2. The van der Waals surface area contributed by atoms with Gasteiger partial charge in [0.2, 0.25) is 0 Å². The molecule has 0 saturated carbocycles. The summed E-state index contributed by atoms with van der Waals surface area (Å²) >= 11 is 12.7. The minimum Gasteiger partial charge on any atom is -0.291 e. The van der Waals surface area contributed by atoms with Crippen molar-refractivity contribution in [3.05, 3.63) is 43.4 Å². The number of hydrogen-bond acceptors (Lipinski definition) is 4. The average molecular weight is 262 g/mol. The number of hydrogen-bond donors (Lipinski definition) is 0. The molecule has 0 fully saturated rings. The molecule has 78 valence electrons. The summed E-state index contributed by atoms with van der Waals surface area (Å²) in [4.78, 5) is 19.5. The van der Waals surface area contributed by atoms with Gasteiger partial charge in [-0.15, -0.1) is 11.3 Å². The fourth-order valence-corrected chi connectivity index (χ4v) is 1.93. The van der Waals surface area contributed by atoms with Gasteiger partial charge in [-0.25, -0.2) is 9.97 Å². The van der Waals surface area contributed by atoms with E-state index in [0.717, 1.165) is 5.01 Å². The molecule has 0 aliphatic carbocycles. The van der Waals surface area contributed by atoms with Crippen LogP contribution in [-0.2, 0) is 6.54 Å². The Hall–Kier alpha value is -0.910. The first-order chi connectivity index (χ1) is 7.18. The van der Waals surface area contributed by atoms with Crippen molar-refractivity contribution >= 4 is 34.5 Å². The number of halogens is 2. The first-order valence-electron chi connectivity index (χ1n) is 3.97. The SMILES string of the molecule is O=c1c(Cl)c(Cl)ncn1Cc1nccs1. The molecule has 2 aromatic heterocycles. The zero-order valence-corrected chi connectivity index (χ0v) is 9.68. The van der Waals surface area contributed by atoms with Crippen LogP contribution in [0.3, 0.4) is 0 Å². The van der Waals surface area contributed by atoms with Crippen molar-refractivity contribution in [2.45, 2.75) is 6.54 Å². The molecular weight excluding hydrogens is 257 g/mol. The Bertz CT molecular complexity index is 523. The molecule has 4 nitrogen and oxygen atoms in total. The molecule has 2 rings (SSSR count). The summed E-state index contributed by atoms with van der Waals surface area (Å²) in [7, 11) is 0. The lowest BCUT2D eigenvalue weighted by molar-refractivity contribution is 0.732. The normalized spacial score (nSPS) is 10.5. The molecule has 0 unspecified atom stereocenters. The van der Waals surface area contributed by atoms with Crippen molar-refractivity contribution in [2.24, 2.45) is 0 Å². The lowest BCUT2D eigenvalue weighted by atomic mass is 10.5. The third-order valence-electron chi connectivity index (χ3n) is 1.73. The van der Waals surface area contributed by atoms with Gasteiger partial charge in [-0.3, -0.25) is 9.36 Å². The Morgan fingerprint density at radius 1 is 1.40 bits per heavy atom. The maximum atomic E-state index is 11.6. The van der Waals surface area contributed by atoms with Gasteiger partial charge in [0.1, 0.15) is 10.0 Å². The van der Waals surface area contributed by atoms with E-state index in [0.29, 0.717) is 6.54 Å². The number of thiazole rings is 1. The van der Waals surface area contributed by atoms with Crippen LogP contribution in [0.25, 0.3) is 0 Å². The van der Waals surface area contributed by atoms with Gasteiger partial charge >= 0.3 is 0 Å². The number of nitrogens with zero attached hydrogens (tertiary/aromatic N) is 3. The van der Waals surface area contributed by atoms with E-state index in [9.17, 15) is 4.79 Å². The van der Waals surface area contributed by atoms with E-state index < -0.39 is 0 Å². The summed E-state index contributed by atoms with van der Waals surface area (Å²) in [6, 6.07) is 0. The predicted octanol–water partition coefficient (Wildman–Crippen LogP) is 2.05. The Morgan fingerprint density at radius 3 is 2.87 bits per heavy atom. The maximum Gasteiger partial charge on any atom is 0.274 e. The first kappa shape index (κ1) is 10.6. The number of rotatable bonds is 2. The second-order valence-electron chi connectivity index (χ2n) is 2.71. The Morgan fingerprint density at radius 2 is 2.20 bits per heavy atom. The molecule has 7 heteroatoms. The van der Waals surface area contributed by atoms with Crippen LogP contribution in [0.4, 0.5) is 0 Å². The van der Waals surface area contributed by atoms with Crippen LogP contribution in [0, 0.1) is 0 Å². The van der Waals surface area contributed by atoms with Crippen LogP contribution in [0.5, 0.6) is 0 Å². The molecule has 0 bridgehead atoms. The highest BCUT2D eigenvalue weighted by Gasteiger charge is 2.08. The lowest BCUT2D eigenvalue weighted by Crippen LogP contribution is -2.21. The van der Waals surface area contributed by atoms with E-state index in [1.54, 1.807) is 6.20 Å². The number of aromatic nitrogens is 3. The van der Waals surface area contributed by atoms with Crippen LogP contribution in [-0.4, -0.2) is 14.5 Å². The van der Waals surface area contributed by atoms with Crippen LogP contribution in [0.1, 0.15) is 5.01 Å². The molecule has 2 aromatic rings. The minimum absolute atomic E-state index is 0.0251. The molecule has 0 radical (unpaired) electrons. The highest BCUT2D eigenvalue weighted by Crippen LogP contribution is 2.13. The van der Waals surface area contributed by atoms with Crippen LogP contribution < -0.4 is 5.56 Å². The van der Waals surface area contributed by atoms with Crippen molar-refractivity contribution in [1.29, 1.82) is 0 Å². The summed E-state index contributed by atoms with van der Waals surface area (Å²) < 4.78 is 1.37. The van der Waals surface area contributed by atoms with Crippen LogP contribution in [0.2, 0.25) is 10.2 Å². The van der Waals surface area contributed by atoms with E-state index in [4.69, 9.17) is 23.2 Å². The highest BCUT2D eigenvalue weighted by molar-refractivity contribution is 7.09. The van der Waals surface area contributed by atoms with Crippen molar-refractivity contribution in [1.82, 2.24) is 14.5 Å². The fraction of sp³-hybridized carbons (Fsp3) is 0.125. The predicted molar refractivity (Wildman–Crippen MR) is 59.7 cm³/mol. The van der Waals surface area contributed by atoms with Crippen LogP contribution >= 0.6 is 34.5 Å². The fourth-order valence-electron chi connectivity index (χ4n) is 1.03. The second-order valence-corrected chi connectivity index (χ2v) is 4.42. The topological polar surface area (TPSA) is 47.8 Å². The molecule has 0 N–H and O–H groups in total. The molecule has 0 atom stereocenters. The van der Waals surface area contributed by atoms with Crippen molar-refractivity contribution < 1.29 is 0 Å². The molecule has 0 aliphatic heterocycles. The van der Waals surface area contributed by atoms with Crippen molar-refractivity contribution in [2.75, 3.05) is 0 Å². The minimum atomic E-state index is -0.355. The Balaban J connectivity index is 2.38. The summed E-state index contributed by atoms with van der Waals surface area (Å²) in [5.41, 5.74) is -0.355. The zero-order chi connectivity index (χ0) is 10.8. The van der Waals surface area contributed by atoms with Gasteiger partial charge < -0.3 is 0 Å². The molecule has 15 heavy (non-hydrogen) atoms. The molecule has 0 spiro atoms. The van der Waals surface area contributed by atoms with E-state index in [2.05, 4.69) is 9.97 Å². The third-order valence-corrected chi connectivity index (χ3v) is 3.22. The highest BCUT2D eigenvalue weighted by atomic mass is 35.5. The van der Waals surface area contributed by atoms with Crippen LogP contribution in [0.15, 0.2) is 22.7 Å². The summed E-state index contributed by atoms with van der Waals surface area (Å²) in [6.45, 7) is 0.361. The second kappa shape index (κ2) is 4.30. The monoisotopic (exact) mass is 261 g/mol. The lowest BCUT2D eigenvalue weighted by Gasteiger charge is -2.02. The largest absolute Gasteiger partial charge is 0.291 e. The molecule has 2 heterocycles. The van der Waals surface area contributed by atoms with Gasteiger partial charge in [0.05, 0.1) is 12.9 Å². The van der Waals surface area contributed by atoms with Gasteiger partial charge in [-0.1, -0.05) is 23.2 Å². The van der Waals surface area contributed by atoms with E-state index in [-0.39, 0.29) is 15.7 Å².